The minimum Gasteiger partial charge on any atom is -0.462 e. The van der Waals surface area contributed by atoms with E-state index in [0.717, 1.165) is 37.9 Å². The summed E-state index contributed by atoms with van der Waals surface area (Å²) in [5.74, 6) is -0.117. The Morgan fingerprint density at radius 2 is 1.75 bits per heavy atom. The molecule has 0 saturated carbocycles. The Kier molecular flexibility index (Phi) is 7.30. The maximum absolute atomic E-state index is 13.4. The van der Waals surface area contributed by atoms with Crippen molar-refractivity contribution < 1.29 is 14.6 Å². The van der Waals surface area contributed by atoms with Crippen LogP contribution in [-0.4, -0.2) is 35.8 Å². The molecular weight excluding hydrogens is 400 g/mol. The van der Waals surface area contributed by atoms with E-state index < -0.39 is 11.6 Å². The molecule has 2 N–H and O–H groups in total. The van der Waals surface area contributed by atoms with E-state index in [0.29, 0.717) is 17.0 Å². The number of pyridine rings is 1. The second-order valence-corrected chi connectivity index (χ2v) is 8.47. The molecule has 2 atom stereocenters. The number of benzene rings is 2. The Labute approximate surface area is 189 Å². The van der Waals surface area contributed by atoms with Crippen molar-refractivity contribution in [2.75, 3.05) is 19.7 Å². The number of carbonyl (C=O) groups is 1. The summed E-state index contributed by atoms with van der Waals surface area (Å²) < 4.78 is 5.84. The third-order valence-electron chi connectivity index (χ3n) is 6.27. The van der Waals surface area contributed by atoms with Gasteiger partial charge >= 0.3 is 5.97 Å². The Morgan fingerprint density at radius 1 is 1.06 bits per heavy atom. The fourth-order valence-electron chi connectivity index (χ4n) is 4.49. The van der Waals surface area contributed by atoms with Crippen LogP contribution in [0.4, 0.5) is 0 Å². The van der Waals surface area contributed by atoms with Gasteiger partial charge in [-0.15, -0.1) is 0 Å². The lowest BCUT2D eigenvalue weighted by Gasteiger charge is -2.30. The van der Waals surface area contributed by atoms with E-state index in [4.69, 9.17) is 4.74 Å². The Bertz CT molecular complexity index is 934. The van der Waals surface area contributed by atoms with E-state index in [1.807, 2.05) is 54.7 Å². The van der Waals surface area contributed by atoms with Crippen LogP contribution in [0.3, 0.4) is 0 Å². The number of ether oxygens (including phenoxy) is 1. The predicted octanol–water partition coefficient (Wildman–Crippen LogP) is 4.03. The molecule has 5 nitrogen and oxygen atoms in total. The zero-order valence-corrected chi connectivity index (χ0v) is 18.2. The first-order valence-corrected chi connectivity index (χ1v) is 11.3. The van der Waals surface area contributed by atoms with Gasteiger partial charge in [-0.1, -0.05) is 66.7 Å². The molecule has 1 fully saturated rings. The van der Waals surface area contributed by atoms with Crippen LogP contribution in [0.5, 0.6) is 0 Å². The minimum absolute atomic E-state index is 0.0216. The lowest BCUT2D eigenvalue weighted by Crippen LogP contribution is -2.39. The van der Waals surface area contributed by atoms with Gasteiger partial charge in [-0.25, -0.2) is 4.79 Å². The average molecular weight is 431 g/mol. The van der Waals surface area contributed by atoms with E-state index in [1.54, 1.807) is 30.5 Å². The first-order valence-electron chi connectivity index (χ1n) is 11.3. The molecule has 32 heavy (non-hydrogen) atoms. The van der Waals surface area contributed by atoms with Crippen molar-refractivity contribution in [3.63, 3.8) is 0 Å². The minimum atomic E-state index is -1.87. The van der Waals surface area contributed by atoms with E-state index in [-0.39, 0.29) is 12.5 Å². The Morgan fingerprint density at radius 3 is 2.31 bits per heavy atom. The molecule has 3 aromatic rings. The monoisotopic (exact) mass is 430 g/mol. The smallest absolute Gasteiger partial charge is 0.347 e. The van der Waals surface area contributed by atoms with Gasteiger partial charge in [0.1, 0.15) is 0 Å². The van der Waals surface area contributed by atoms with E-state index in [2.05, 4.69) is 10.3 Å². The van der Waals surface area contributed by atoms with Crippen molar-refractivity contribution in [2.45, 2.75) is 30.8 Å². The molecule has 0 spiro atoms. The maximum Gasteiger partial charge on any atom is 0.347 e. The number of hydrogen-bond acceptors (Lipinski definition) is 5. The lowest BCUT2D eigenvalue weighted by molar-refractivity contribution is -0.163. The number of aromatic nitrogens is 1. The van der Waals surface area contributed by atoms with E-state index in [9.17, 15) is 9.90 Å². The molecule has 0 radical (unpaired) electrons. The van der Waals surface area contributed by atoms with Crippen LogP contribution in [0.2, 0.25) is 0 Å². The summed E-state index contributed by atoms with van der Waals surface area (Å²) in [6.07, 6.45) is 6.82. The van der Waals surface area contributed by atoms with Crippen molar-refractivity contribution in [1.82, 2.24) is 10.3 Å². The third-order valence-corrected chi connectivity index (χ3v) is 6.27. The molecular formula is C27H30N2O3. The highest BCUT2D eigenvalue weighted by molar-refractivity contribution is 5.85. The molecule has 4 rings (SSSR count). The number of carbonyl (C=O) groups excluding carboxylic acids is 1. The second kappa shape index (κ2) is 10.5. The SMILES string of the molecule is O=C(OCC(C[C@H]1CCCNC1)c1cccnc1)C(O)(c1ccccc1)c1ccccc1. The number of nitrogens with one attached hydrogen (secondary N) is 1. The highest BCUT2D eigenvalue weighted by Crippen LogP contribution is 2.33. The zero-order chi connectivity index (χ0) is 22.2. The number of hydrogen-bond donors (Lipinski definition) is 2. The Hall–Kier alpha value is -3.02. The standard InChI is InChI=1S/C27H30N2O3/c30-26(27(31,24-11-3-1-4-12-24)25-13-5-2-6-14-25)32-20-23(22-10-8-16-29-19-22)17-21-9-7-15-28-18-21/h1-6,8,10-14,16,19,21,23,28,31H,7,9,15,17-18,20H2/t21-,23?/m1/s1. The molecule has 1 unspecified atom stereocenters. The summed E-state index contributed by atoms with van der Waals surface area (Å²) in [6.45, 7) is 2.23. The van der Waals surface area contributed by atoms with Gasteiger partial charge in [-0.05, 0) is 61.0 Å². The number of piperidine rings is 1. The fourth-order valence-corrected chi connectivity index (χ4v) is 4.49. The van der Waals surface area contributed by atoms with Crippen LogP contribution >= 0.6 is 0 Å². The van der Waals surface area contributed by atoms with Gasteiger partial charge in [-0.3, -0.25) is 4.98 Å². The molecule has 1 aliphatic heterocycles. The Balaban J connectivity index is 1.56. The largest absolute Gasteiger partial charge is 0.462 e. The molecule has 1 aromatic heterocycles. The quantitative estimate of drug-likeness (QED) is 0.528. The molecule has 2 aromatic carbocycles. The van der Waals surface area contributed by atoms with Gasteiger partial charge in [0.2, 0.25) is 5.60 Å². The van der Waals surface area contributed by atoms with Gasteiger partial charge in [0.25, 0.3) is 0 Å². The van der Waals surface area contributed by atoms with Gasteiger partial charge in [-0.2, -0.15) is 0 Å². The van der Waals surface area contributed by atoms with Gasteiger partial charge in [0.15, 0.2) is 0 Å². The van der Waals surface area contributed by atoms with Crippen molar-refractivity contribution >= 4 is 5.97 Å². The molecule has 0 aliphatic carbocycles. The summed E-state index contributed by atoms with van der Waals surface area (Å²) in [7, 11) is 0. The number of rotatable bonds is 8. The van der Waals surface area contributed by atoms with Gasteiger partial charge < -0.3 is 15.2 Å². The van der Waals surface area contributed by atoms with E-state index >= 15 is 0 Å². The summed E-state index contributed by atoms with van der Waals surface area (Å²) >= 11 is 0. The van der Waals surface area contributed by atoms with Crippen LogP contribution in [-0.2, 0) is 15.1 Å². The number of nitrogens with zero attached hydrogens (tertiary/aromatic N) is 1. The van der Waals surface area contributed by atoms with Crippen LogP contribution in [0.15, 0.2) is 85.2 Å². The first kappa shape index (κ1) is 22.2. The highest BCUT2D eigenvalue weighted by Gasteiger charge is 2.42. The van der Waals surface area contributed by atoms with Crippen molar-refractivity contribution in [2.24, 2.45) is 5.92 Å². The van der Waals surface area contributed by atoms with E-state index in [1.165, 1.54) is 0 Å². The first-order chi connectivity index (χ1) is 15.7. The number of esters is 1. The summed E-state index contributed by atoms with van der Waals surface area (Å²) in [4.78, 5) is 17.7. The summed E-state index contributed by atoms with van der Waals surface area (Å²) in [6, 6.07) is 21.9. The fraction of sp³-hybridized carbons (Fsp3) is 0.333. The summed E-state index contributed by atoms with van der Waals surface area (Å²) in [5.41, 5.74) is 0.166. The van der Waals surface area contributed by atoms with Crippen LogP contribution < -0.4 is 5.32 Å². The molecule has 1 aliphatic rings. The molecule has 0 bridgehead atoms. The van der Waals surface area contributed by atoms with Crippen molar-refractivity contribution in [3.05, 3.63) is 102 Å². The molecule has 1 saturated heterocycles. The number of aliphatic hydroxyl groups is 1. The van der Waals surface area contributed by atoms with Crippen LogP contribution in [0.1, 0.15) is 41.9 Å². The second-order valence-electron chi connectivity index (χ2n) is 8.47. The lowest BCUT2D eigenvalue weighted by atomic mass is 9.85. The van der Waals surface area contributed by atoms with Crippen molar-refractivity contribution in [1.29, 1.82) is 0 Å². The topological polar surface area (TPSA) is 71.5 Å². The normalized spacial score (nSPS) is 17.5. The molecule has 166 valence electrons. The van der Waals surface area contributed by atoms with Gasteiger partial charge in [0, 0.05) is 18.3 Å². The molecule has 5 heteroatoms. The van der Waals surface area contributed by atoms with Crippen LogP contribution in [0.25, 0.3) is 0 Å². The average Bonchev–Trinajstić information content (AvgIpc) is 2.88. The predicted molar refractivity (Wildman–Crippen MR) is 124 cm³/mol. The molecule has 0 amide bonds. The van der Waals surface area contributed by atoms with Gasteiger partial charge in [0.05, 0.1) is 6.61 Å². The molecule has 2 heterocycles. The third kappa shape index (κ3) is 5.06. The van der Waals surface area contributed by atoms with Crippen LogP contribution in [0, 0.1) is 5.92 Å². The highest BCUT2D eigenvalue weighted by atomic mass is 16.5. The summed E-state index contributed by atoms with van der Waals surface area (Å²) in [5, 5.41) is 15.1. The zero-order valence-electron chi connectivity index (χ0n) is 18.2. The maximum atomic E-state index is 13.4. The van der Waals surface area contributed by atoms with Crippen molar-refractivity contribution in [3.8, 4) is 0 Å².